The number of phenolic OH excluding ortho intramolecular Hbond substituents is 1. The monoisotopic (exact) mass is 270 g/mol. The predicted molar refractivity (Wildman–Crippen MR) is 74.3 cm³/mol. The quantitative estimate of drug-likeness (QED) is 0.790. The fourth-order valence-electron chi connectivity index (χ4n) is 2.04. The standard InChI is InChI=1S/C15H14N2O3/c1-9(19-2)14-16-15(20-17-14)12-8-7-10-5-3-4-6-11(10)13(12)18/h3-9,18H,1-2H3. The highest BCUT2D eigenvalue weighted by atomic mass is 16.5. The minimum absolute atomic E-state index is 0.142. The van der Waals surface area contributed by atoms with Gasteiger partial charge in [-0.15, -0.1) is 0 Å². The van der Waals surface area contributed by atoms with Crippen LogP contribution in [0, 0.1) is 0 Å². The van der Waals surface area contributed by atoms with Crippen molar-refractivity contribution in [2.45, 2.75) is 13.0 Å². The number of benzene rings is 2. The van der Waals surface area contributed by atoms with Crippen molar-refractivity contribution in [1.29, 1.82) is 0 Å². The van der Waals surface area contributed by atoms with Crippen molar-refractivity contribution in [3.63, 3.8) is 0 Å². The molecule has 5 heteroatoms. The molecular formula is C15H14N2O3. The first-order valence-corrected chi connectivity index (χ1v) is 6.28. The van der Waals surface area contributed by atoms with Gasteiger partial charge in [0.25, 0.3) is 5.89 Å². The van der Waals surface area contributed by atoms with Crippen LogP contribution in [0.15, 0.2) is 40.9 Å². The highest BCUT2D eigenvalue weighted by Crippen LogP contribution is 2.35. The molecule has 1 aromatic heterocycles. The molecule has 0 amide bonds. The Labute approximate surface area is 115 Å². The summed E-state index contributed by atoms with van der Waals surface area (Å²) in [4.78, 5) is 4.26. The Balaban J connectivity index is 2.10. The fraction of sp³-hybridized carbons (Fsp3) is 0.200. The van der Waals surface area contributed by atoms with Crippen molar-refractivity contribution in [3.05, 3.63) is 42.2 Å². The van der Waals surface area contributed by atoms with Crippen LogP contribution in [-0.4, -0.2) is 22.4 Å². The SMILES string of the molecule is COC(C)c1noc(-c2ccc3ccccc3c2O)n1. The van der Waals surface area contributed by atoms with E-state index >= 15 is 0 Å². The molecule has 0 spiro atoms. The van der Waals surface area contributed by atoms with Gasteiger partial charge in [0, 0.05) is 12.5 Å². The second kappa shape index (κ2) is 4.94. The molecule has 3 rings (SSSR count). The number of fused-ring (bicyclic) bond motifs is 1. The molecular weight excluding hydrogens is 256 g/mol. The van der Waals surface area contributed by atoms with Gasteiger partial charge in [-0.2, -0.15) is 4.98 Å². The molecule has 0 aliphatic carbocycles. The van der Waals surface area contributed by atoms with E-state index in [4.69, 9.17) is 9.26 Å². The largest absolute Gasteiger partial charge is 0.506 e. The molecule has 5 nitrogen and oxygen atoms in total. The lowest BCUT2D eigenvalue weighted by molar-refractivity contribution is 0.109. The van der Waals surface area contributed by atoms with Gasteiger partial charge in [-0.25, -0.2) is 0 Å². The van der Waals surface area contributed by atoms with E-state index in [0.29, 0.717) is 11.4 Å². The molecule has 2 aromatic carbocycles. The van der Waals surface area contributed by atoms with E-state index in [0.717, 1.165) is 10.8 Å². The van der Waals surface area contributed by atoms with E-state index in [9.17, 15) is 5.11 Å². The number of hydrogen-bond donors (Lipinski definition) is 1. The van der Waals surface area contributed by atoms with Crippen molar-refractivity contribution in [3.8, 4) is 17.2 Å². The molecule has 0 saturated heterocycles. The lowest BCUT2D eigenvalue weighted by atomic mass is 10.1. The molecule has 0 radical (unpaired) electrons. The first-order valence-electron chi connectivity index (χ1n) is 6.28. The van der Waals surface area contributed by atoms with Crippen LogP contribution in [0.2, 0.25) is 0 Å². The van der Waals surface area contributed by atoms with Gasteiger partial charge in [-0.05, 0) is 18.4 Å². The summed E-state index contributed by atoms with van der Waals surface area (Å²) < 4.78 is 10.3. The van der Waals surface area contributed by atoms with Gasteiger partial charge in [0.2, 0.25) is 5.82 Å². The molecule has 3 aromatic rings. The minimum Gasteiger partial charge on any atom is -0.506 e. The lowest BCUT2D eigenvalue weighted by Gasteiger charge is -2.04. The van der Waals surface area contributed by atoms with Crippen molar-refractivity contribution in [1.82, 2.24) is 10.1 Å². The number of ether oxygens (including phenoxy) is 1. The normalized spacial score (nSPS) is 12.7. The van der Waals surface area contributed by atoms with E-state index in [2.05, 4.69) is 10.1 Å². The van der Waals surface area contributed by atoms with Crippen LogP contribution in [0.4, 0.5) is 0 Å². The van der Waals surface area contributed by atoms with Crippen LogP contribution in [0.3, 0.4) is 0 Å². The zero-order chi connectivity index (χ0) is 14.1. The summed E-state index contributed by atoms with van der Waals surface area (Å²) in [6.07, 6.45) is -0.255. The zero-order valence-corrected chi connectivity index (χ0v) is 11.2. The molecule has 1 unspecified atom stereocenters. The van der Waals surface area contributed by atoms with Crippen LogP contribution < -0.4 is 0 Å². The van der Waals surface area contributed by atoms with Gasteiger partial charge in [0.05, 0.1) is 5.56 Å². The third-order valence-corrected chi connectivity index (χ3v) is 3.29. The molecule has 0 aliphatic rings. The van der Waals surface area contributed by atoms with Crippen molar-refractivity contribution >= 4 is 10.8 Å². The highest BCUT2D eigenvalue weighted by Gasteiger charge is 2.17. The maximum atomic E-state index is 10.3. The maximum Gasteiger partial charge on any atom is 0.261 e. The van der Waals surface area contributed by atoms with Gasteiger partial charge in [0.1, 0.15) is 11.9 Å². The summed E-state index contributed by atoms with van der Waals surface area (Å²) >= 11 is 0. The molecule has 0 bridgehead atoms. The van der Waals surface area contributed by atoms with E-state index in [-0.39, 0.29) is 17.7 Å². The summed E-state index contributed by atoms with van der Waals surface area (Å²) in [6.45, 7) is 1.83. The Hall–Kier alpha value is -2.40. The van der Waals surface area contributed by atoms with Gasteiger partial charge < -0.3 is 14.4 Å². The molecule has 0 aliphatic heterocycles. The Morgan fingerprint density at radius 2 is 2.00 bits per heavy atom. The number of phenols is 1. The second-order valence-electron chi connectivity index (χ2n) is 4.52. The Bertz CT molecular complexity index is 752. The average molecular weight is 270 g/mol. The van der Waals surface area contributed by atoms with Gasteiger partial charge in [0.15, 0.2) is 0 Å². The number of aromatic nitrogens is 2. The molecule has 0 fully saturated rings. The third kappa shape index (κ3) is 2.02. The molecule has 1 atom stereocenters. The smallest absolute Gasteiger partial charge is 0.261 e. The van der Waals surface area contributed by atoms with Crippen molar-refractivity contribution in [2.75, 3.05) is 7.11 Å². The van der Waals surface area contributed by atoms with E-state index in [1.54, 1.807) is 13.2 Å². The fourth-order valence-corrected chi connectivity index (χ4v) is 2.04. The number of hydrogen-bond acceptors (Lipinski definition) is 5. The second-order valence-corrected chi connectivity index (χ2v) is 4.52. The number of methoxy groups -OCH3 is 1. The average Bonchev–Trinajstić information content (AvgIpc) is 2.97. The van der Waals surface area contributed by atoms with E-state index in [1.807, 2.05) is 37.3 Å². The molecule has 1 N–H and O–H groups in total. The van der Waals surface area contributed by atoms with Crippen molar-refractivity contribution in [2.24, 2.45) is 0 Å². The summed E-state index contributed by atoms with van der Waals surface area (Å²) in [7, 11) is 1.58. The van der Waals surface area contributed by atoms with Crippen molar-refractivity contribution < 1.29 is 14.4 Å². The minimum atomic E-state index is -0.255. The van der Waals surface area contributed by atoms with Crippen LogP contribution in [-0.2, 0) is 4.74 Å². The Morgan fingerprint density at radius 1 is 1.20 bits per heavy atom. The molecule has 1 heterocycles. The molecule has 0 saturated carbocycles. The molecule has 20 heavy (non-hydrogen) atoms. The topological polar surface area (TPSA) is 68.4 Å². The van der Waals surface area contributed by atoms with Gasteiger partial charge in [-0.3, -0.25) is 0 Å². The third-order valence-electron chi connectivity index (χ3n) is 3.29. The predicted octanol–water partition coefficient (Wildman–Crippen LogP) is 3.30. The van der Waals surface area contributed by atoms with Crippen LogP contribution >= 0.6 is 0 Å². The lowest BCUT2D eigenvalue weighted by Crippen LogP contribution is -1.97. The number of aromatic hydroxyl groups is 1. The maximum absolute atomic E-state index is 10.3. The Kier molecular flexibility index (Phi) is 3.12. The summed E-state index contributed by atoms with van der Waals surface area (Å²) in [5, 5.41) is 15.9. The van der Waals surface area contributed by atoms with Gasteiger partial charge >= 0.3 is 0 Å². The first kappa shape index (κ1) is 12.6. The summed E-state index contributed by atoms with van der Waals surface area (Å²) in [6, 6.07) is 11.3. The summed E-state index contributed by atoms with van der Waals surface area (Å²) in [5.74, 6) is 0.880. The first-order chi connectivity index (χ1) is 9.70. The Morgan fingerprint density at radius 3 is 2.80 bits per heavy atom. The van der Waals surface area contributed by atoms with Gasteiger partial charge in [-0.1, -0.05) is 35.5 Å². The van der Waals surface area contributed by atoms with Crippen LogP contribution in [0.25, 0.3) is 22.2 Å². The highest BCUT2D eigenvalue weighted by molar-refractivity contribution is 5.93. The van der Waals surface area contributed by atoms with Crippen LogP contribution in [0.1, 0.15) is 18.9 Å². The van der Waals surface area contributed by atoms with Crippen LogP contribution in [0.5, 0.6) is 5.75 Å². The zero-order valence-electron chi connectivity index (χ0n) is 11.2. The number of nitrogens with zero attached hydrogens (tertiary/aromatic N) is 2. The number of rotatable bonds is 3. The van der Waals surface area contributed by atoms with E-state index < -0.39 is 0 Å². The molecule has 102 valence electrons. The van der Waals surface area contributed by atoms with E-state index in [1.165, 1.54) is 0 Å². The summed E-state index contributed by atoms with van der Waals surface area (Å²) in [5.41, 5.74) is 0.519.